The second-order valence-corrected chi connectivity index (χ2v) is 7.06. The highest BCUT2D eigenvalue weighted by Crippen LogP contribution is 2.21. The maximum absolute atomic E-state index is 13.9. The number of carbonyl (C=O) groups excluding carboxylic acids is 1. The van der Waals surface area contributed by atoms with Crippen molar-refractivity contribution in [1.82, 2.24) is 14.8 Å². The van der Waals surface area contributed by atoms with Crippen LogP contribution in [0.5, 0.6) is 11.5 Å². The van der Waals surface area contributed by atoms with Gasteiger partial charge in [0.05, 0.1) is 13.7 Å². The van der Waals surface area contributed by atoms with Gasteiger partial charge in [-0.2, -0.15) is 0 Å². The third-order valence-corrected chi connectivity index (χ3v) is 4.82. The molecule has 0 unspecified atom stereocenters. The summed E-state index contributed by atoms with van der Waals surface area (Å²) in [5.74, 6) is 0.988. The molecule has 1 amide bonds. The Hall–Kier alpha value is -3.85. The molecule has 0 aliphatic rings. The zero-order valence-electron chi connectivity index (χ0n) is 16.9. The van der Waals surface area contributed by atoms with E-state index in [0.29, 0.717) is 11.5 Å². The predicted octanol–water partition coefficient (Wildman–Crippen LogP) is 4.55. The number of rotatable bonds is 8. The van der Waals surface area contributed by atoms with Gasteiger partial charge >= 0.3 is 0 Å². The topological polar surface area (TPSA) is 91.4 Å². The molecular formula is C22H18ClFN4O4. The molecule has 0 radical (unpaired) electrons. The Morgan fingerprint density at radius 3 is 2.69 bits per heavy atom. The van der Waals surface area contributed by atoms with Gasteiger partial charge in [0, 0.05) is 10.6 Å². The maximum Gasteiger partial charge on any atom is 0.293 e. The summed E-state index contributed by atoms with van der Waals surface area (Å²) in [5.41, 5.74) is 0.282. The summed E-state index contributed by atoms with van der Waals surface area (Å²) in [6.45, 7) is 0.220. The molecule has 4 aromatic rings. The lowest BCUT2D eigenvalue weighted by atomic mass is 10.2. The normalized spacial score (nSPS) is 10.7. The number of aromatic nitrogens is 3. The highest BCUT2D eigenvalue weighted by molar-refractivity contribution is 6.31. The minimum Gasteiger partial charge on any atom is -0.497 e. The van der Waals surface area contributed by atoms with Crippen LogP contribution in [-0.4, -0.2) is 27.8 Å². The number of ether oxygens (including phenoxy) is 2. The van der Waals surface area contributed by atoms with Gasteiger partial charge in [-0.25, -0.2) is 14.1 Å². The summed E-state index contributed by atoms with van der Waals surface area (Å²) < 4.78 is 31.6. The van der Waals surface area contributed by atoms with E-state index in [-0.39, 0.29) is 35.4 Å². The lowest BCUT2D eigenvalue weighted by Gasteiger charge is -2.05. The molecule has 0 saturated carbocycles. The molecule has 164 valence electrons. The Morgan fingerprint density at radius 2 is 1.94 bits per heavy atom. The Morgan fingerprint density at radius 1 is 1.16 bits per heavy atom. The second kappa shape index (κ2) is 9.52. The van der Waals surface area contributed by atoms with Gasteiger partial charge in [0.1, 0.15) is 36.0 Å². The van der Waals surface area contributed by atoms with Gasteiger partial charge in [0.15, 0.2) is 5.76 Å². The van der Waals surface area contributed by atoms with Gasteiger partial charge in [0.2, 0.25) is 5.95 Å². The van der Waals surface area contributed by atoms with Crippen LogP contribution >= 0.6 is 11.6 Å². The number of anilines is 1. The van der Waals surface area contributed by atoms with Crippen LogP contribution < -0.4 is 14.8 Å². The molecule has 2 aromatic carbocycles. The van der Waals surface area contributed by atoms with Crippen molar-refractivity contribution < 1.29 is 23.1 Å². The molecule has 1 N–H and O–H groups in total. The van der Waals surface area contributed by atoms with Crippen LogP contribution in [0.1, 0.15) is 21.9 Å². The van der Waals surface area contributed by atoms with E-state index in [1.165, 1.54) is 29.2 Å². The van der Waals surface area contributed by atoms with Gasteiger partial charge in [-0.3, -0.25) is 10.1 Å². The number of methoxy groups -OCH3 is 1. The number of halogens is 2. The summed E-state index contributed by atoms with van der Waals surface area (Å²) in [6, 6.07) is 14.7. The molecule has 2 heterocycles. The number of furan rings is 1. The molecule has 4 rings (SSSR count). The van der Waals surface area contributed by atoms with Crippen molar-refractivity contribution in [3.63, 3.8) is 0 Å². The first-order valence-corrected chi connectivity index (χ1v) is 9.89. The van der Waals surface area contributed by atoms with Crippen molar-refractivity contribution in [2.75, 3.05) is 12.4 Å². The standard InChI is InChI=1S/C22H18ClFN4O4/c1-30-14-5-7-15(8-6-14)31-12-16-9-10-20(32-16)21(29)26-22-25-13-28(27-22)11-17-18(23)3-2-4-19(17)24/h2-10,13H,11-12H2,1H3,(H,26,27,29). The summed E-state index contributed by atoms with van der Waals surface area (Å²) in [7, 11) is 1.59. The van der Waals surface area contributed by atoms with Crippen molar-refractivity contribution in [2.24, 2.45) is 0 Å². The largest absolute Gasteiger partial charge is 0.497 e. The first kappa shape index (κ1) is 21.4. The van der Waals surface area contributed by atoms with E-state index in [4.69, 9.17) is 25.5 Å². The van der Waals surface area contributed by atoms with Crippen LogP contribution in [0.2, 0.25) is 5.02 Å². The van der Waals surface area contributed by atoms with Crippen molar-refractivity contribution in [2.45, 2.75) is 13.2 Å². The van der Waals surface area contributed by atoms with E-state index >= 15 is 0 Å². The van der Waals surface area contributed by atoms with Gasteiger partial charge in [-0.15, -0.1) is 5.10 Å². The van der Waals surface area contributed by atoms with Gasteiger partial charge in [-0.05, 0) is 48.5 Å². The van der Waals surface area contributed by atoms with Crippen LogP contribution in [-0.2, 0) is 13.2 Å². The van der Waals surface area contributed by atoms with E-state index in [9.17, 15) is 9.18 Å². The molecule has 0 aliphatic carbocycles. The van der Waals surface area contributed by atoms with E-state index in [1.54, 1.807) is 43.5 Å². The van der Waals surface area contributed by atoms with Crippen LogP contribution in [0.3, 0.4) is 0 Å². The summed E-state index contributed by atoms with van der Waals surface area (Å²) >= 11 is 6.03. The number of hydrogen-bond donors (Lipinski definition) is 1. The summed E-state index contributed by atoms with van der Waals surface area (Å²) in [5, 5.41) is 6.94. The highest BCUT2D eigenvalue weighted by atomic mass is 35.5. The lowest BCUT2D eigenvalue weighted by Crippen LogP contribution is -2.13. The Balaban J connectivity index is 1.34. The second-order valence-electron chi connectivity index (χ2n) is 6.65. The van der Waals surface area contributed by atoms with E-state index < -0.39 is 11.7 Å². The number of hydrogen-bond acceptors (Lipinski definition) is 6. The average molecular weight is 457 g/mol. The SMILES string of the molecule is COc1ccc(OCc2ccc(C(=O)Nc3ncn(Cc4c(F)cccc4Cl)n3)o2)cc1. The van der Waals surface area contributed by atoms with E-state index in [0.717, 1.165) is 5.75 Å². The fourth-order valence-corrected chi connectivity index (χ4v) is 3.06. The first-order valence-electron chi connectivity index (χ1n) is 9.51. The van der Waals surface area contributed by atoms with Gasteiger partial charge < -0.3 is 13.9 Å². The van der Waals surface area contributed by atoms with Gasteiger partial charge in [-0.1, -0.05) is 17.7 Å². The Bertz CT molecular complexity index is 1200. The quantitative estimate of drug-likeness (QED) is 0.418. The number of benzene rings is 2. The third kappa shape index (κ3) is 5.06. The van der Waals surface area contributed by atoms with Crippen LogP contribution in [0.4, 0.5) is 10.3 Å². The molecule has 0 fully saturated rings. The first-order chi connectivity index (χ1) is 15.5. The molecule has 2 aromatic heterocycles. The van der Waals surface area contributed by atoms with Crippen LogP contribution in [0.25, 0.3) is 0 Å². The summed E-state index contributed by atoms with van der Waals surface area (Å²) in [4.78, 5) is 16.4. The fourth-order valence-electron chi connectivity index (χ4n) is 2.84. The van der Waals surface area contributed by atoms with Crippen molar-refractivity contribution in [3.8, 4) is 11.5 Å². The van der Waals surface area contributed by atoms with Crippen molar-refractivity contribution >= 4 is 23.5 Å². The molecule has 8 nitrogen and oxygen atoms in total. The molecule has 32 heavy (non-hydrogen) atoms. The minimum absolute atomic E-state index is 0.0508. The number of nitrogens with zero attached hydrogens (tertiary/aromatic N) is 3. The number of amides is 1. The third-order valence-electron chi connectivity index (χ3n) is 4.47. The van der Waals surface area contributed by atoms with Gasteiger partial charge in [0.25, 0.3) is 5.91 Å². The predicted molar refractivity (Wildman–Crippen MR) is 115 cm³/mol. The number of carbonyl (C=O) groups is 1. The highest BCUT2D eigenvalue weighted by Gasteiger charge is 2.15. The molecule has 0 atom stereocenters. The smallest absolute Gasteiger partial charge is 0.293 e. The molecule has 0 spiro atoms. The van der Waals surface area contributed by atoms with Crippen LogP contribution in [0, 0.1) is 5.82 Å². The minimum atomic E-state index is -0.526. The molecule has 0 saturated heterocycles. The van der Waals surface area contributed by atoms with E-state index in [1.807, 2.05) is 0 Å². The zero-order chi connectivity index (χ0) is 22.5. The molecular weight excluding hydrogens is 439 g/mol. The number of nitrogens with one attached hydrogen (secondary N) is 1. The van der Waals surface area contributed by atoms with Crippen molar-refractivity contribution in [1.29, 1.82) is 0 Å². The Kier molecular flexibility index (Phi) is 6.37. The molecule has 10 heteroatoms. The monoisotopic (exact) mass is 456 g/mol. The van der Waals surface area contributed by atoms with Crippen LogP contribution in [0.15, 0.2) is 65.3 Å². The molecule has 0 aliphatic heterocycles. The zero-order valence-corrected chi connectivity index (χ0v) is 17.7. The maximum atomic E-state index is 13.9. The molecule has 0 bridgehead atoms. The summed E-state index contributed by atoms with van der Waals surface area (Å²) in [6.07, 6.45) is 1.37. The average Bonchev–Trinajstić information content (AvgIpc) is 3.45. The van der Waals surface area contributed by atoms with Crippen molar-refractivity contribution in [3.05, 3.63) is 88.8 Å². The Labute approximate surface area is 187 Å². The van der Waals surface area contributed by atoms with E-state index in [2.05, 4.69) is 15.4 Å². The lowest BCUT2D eigenvalue weighted by molar-refractivity contribution is 0.0991. The fraction of sp³-hybridized carbons (Fsp3) is 0.136.